The first-order valence-corrected chi connectivity index (χ1v) is 12.8. The molecule has 3 heterocycles. The minimum atomic E-state index is -3.25. The van der Waals surface area contributed by atoms with Crippen molar-refractivity contribution in [1.29, 1.82) is 0 Å². The molecule has 1 unspecified atom stereocenters. The maximum absolute atomic E-state index is 11.9. The van der Waals surface area contributed by atoms with Crippen LogP contribution in [0.5, 0.6) is 5.75 Å². The van der Waals surface area contributed by atoms with Gasteiger partial charge in [-0.05, 0) is 69.5 Å². The molecule has 1 aromatic carbocycles. The topological polar surface area (TPSA) is 67.9 Å². The van der Waals surface area contributed by atoms with Crippen molar-refractivity contribution < 1.29 is 17.9 Å². The van der Waals surface area contributed by atoms with Crippen LogP contribution >= 0.6 is 0 Å². The van der Waals surface area contributed by atoms with E-state index in [1.54, 1.807) is 0 Å². The number of fused-ring (bicyclic) bond motifs is 5. The van der Waals surface area contributed by atoms with E-state index in [2.05, 4.69) is 34.7 Å². The maximum Gasteiger partial charge on any atom is 0.209 e. The highest BCUT2D eigenvalue weighted by Crippen LogP contribution is 2.39. The minimum absolute atomic E-state index is 0.0537. The predicted octanol–water partition coefficient (Wildman–Crippen LogP) is 2.81. The Morgan fingerprint density at radius 1 is 1.10 bits per heavy atom. The highest BCUT2D eigenvalue weighted by Gasteiger charge is 2.35. The molecule has 1 saturated heterocycles. The van der Waals surface area contributed by atoms with Crippen molar-refractivity contribution in [3.63, 3.8) is 0 Å². The molecule has 2 atom stereocenters. The summed E-state index contributed by atoms with van der Waals surface area (Å²) in [6, 6.07) is 6.49. The Hall–Kier alpha value is -1.15. The number of ether oxygens (including phenoxy) is 2. The van der Waals surface area contributed by atoms with Crippen LogP contribution in [-0.4, -0.2) is 64.1 Å². The SMILES string of the molecule is Cc1ccc2c(c1)[C@H]1CC[C@H](CC1)OCC1[C@@H](NS(C)(=O)=O)CCCN1CCO2. The molecule has 3 aliphatic heterocycles. The van der Waals surface area contributed by atoms with Gasteiger partial charge in [-0.2, -0.15) is 0 Å². The number of piperidine rings is 1. The number of aryl methyl sites for hydroxylation is 1. The molecule has 2 bridgehead atoms. The number of hydrogen-bond acceptors (Lipinski definition) is 5. The molecule has 162 valence electrons. The fourth-order valence-electron chi connectivity index (χ4n) is 5.20. The second-order valence-corrected chi connectivity index (χ2v) is 10.7. The lowest BCUT2D eigenvalue weighted by Gasteiger charge is -2.41. The van der Waals surface area contributed by atoms with Gasteiger partial charge in [-0.1, -0.05) is 17.7 Å². The lowest BCUT2D eigenvalue weighted by atomic mass is 9.82. The molecule has 6 nitrogen and oxygen atoms in total. The van der Waals surface area contributed by atoms with Gasteiger partial charge in [-0.25, -0.2) is 13.1 Å². The van der Waals surface area contributed by atoms with Gasteiger partial charge in [-0.15, -0.1) is 0 Å². The van der Waals surface area contributed by atoms with Crippen LogP contribution in [-0.2, 0) is 14.8 Å². The Kier molecular flexibility index (Phi) is 6.49. The van der Waals surface area contributed by atoms with Gasteiger partial charge in [0.05, 0.1) is 19.0 Å². The second kappa shape index (κ2) is 8.92. The van der Waals surface area contributed by atoms with E-state index < -0.39 is 10.0 Å². The Morgan fingerprint density at radius 3 is 2.66 bits per heavy atom. The second-order valence-electron chi connectivity index (χ2n) is 8.94. The molecule has 29 heavy (non-hydrogen) atoms. The quantitative estimate of drug-likeness (QED) is 0.794. The van der Waals surface area contributed by atoms with E-state index in [1.807, 2.05) is 0 Å². The van der Waals surface area contributed by atoms with Crippen molar-refractivity contribution in [2.45, 2.75) is 69.6 Å². The smallest absolute Gasteiger partial charge is 0.209 e. The summed E-state index contributed by atoms with van der Waals surface area (Å²) in [7, 11) is -3.25. The summed E-state index contributed by atoms with van der Waals surface area (Å²) in [6.45, 7) is 5.05. The molecular weight excluding hydrogens is 388 g/mol. The standard InChI is InChI=1S/C22H34N2O4S/c1-16-5-10-22-19(14-16)17-6-8-18(9-7-17)28-15-21-20(23-29(2,25)26)4-3-11-24(21)12-13-27-22/h5,10,14,17-18,20-21,23H,3-4,6-9,11-13,15H2,1-2H3/t17-,18+,20-,21?/m0/s1. The summed E-state index contributed by atoms with van der Waals surface area (Å²) >= 11 is 0. The van der Waals surface area contributed by atoms with Gasteiger partial charge >= 0.3 is 0 Å². The summed E-state index contributed by atoms with van der Waals surface area (Å²) in [5.74, 6) is 1.55. The molecule has 1 aliphatic carbocycles. The monoisotopic (exact) mass is 422 g/mol. The molecule has 5 rings (SSSR count). The number of hydrogen-bond donors (Lipinski definition) is 1. The van der Waals surface area contributed by atoms with Crippen molar-refractivity contribution >= 4 is 10.0 Å². The van der Waals surface area contributed by atoms with Gasteiger partial charge in [0.25, 0.3) is 0 Å². The Bertz CT molecular complexity index is 805. The van der Waals surface area contributed by atoms with E-state index >= 15 is 0 Å². The van der Waals surface area contributed by atoms with Crippen LogP contribution in [0.15, 0.2) is 18.2 Å². The van der Waals surface area contributed by atoms with Gasteiger partial charge in [-0.3, -0.25) is 4.90 Å². The lowest BCUT2D eigenvalue weighted by molar-refractivity contribution is -0.0284. The predicted molar refractivity (Wildman–Crippen MR) is 114 cm³/mol. The average molecular weight is 423 g/mol. The third-order valence-electron chi connectivity index (χ3n) is 6.68. The minimum Gasteiger partial charge on any atom is -0.492 e. The van der Waals surface area contributed by atoms with Crippen molar-refractivity contribution in [1.82, 2.24) is 9.62 Å². The summed E-state index contributed by atoms with van der Waals surface area (Å²) in [5, 5.41) is 0. The van der Waals surface area contributed by atoms with Crippen LogP contribution < -0.4 is 9.46 Å². The first-order valence-electron chi connectivity index (χ1n) is 11.0. The van der Waals surface area contributed by atoms with Gasteiger partial charge in [0.2, 0.25) is 10.0 Å². The maximum atomic E-state index is 11.9. The van der Waals surface area contributed by atoms with Crippen LogP contribution in [0.3, 0.4) is 0 Å². The molecule has 0 amide bonds. The summed E-state index contributed by atoms with van der Waals surface area (Å²) < 4.78 is 39.3. The van der Waals surface area contributed by atoms with E-state index in [0.29, 0.717) is 19.1 Å². The van der Waals surface area contributed by atoms with Gasteiger partial charge in [0.1, 0.15) is 12.4 Å². The first-order chi connectivity index (χ1) is 13.9. The van der Waals surface area contributed by atoms with Crippen LogP contribution in [0.25, 0.3) is 0 Å². The van der Waals surface area contributed by atoms with E-state index in [9.17, 15) is 8.42 Å². The van der Waals surface area contributed by atoms with Crippen molar-refractivity contribution in [2.24, 2.45) is 0 Å². The molecule has 0 spiro atoms. The molecule has 0 aromatic heterocycles. The number of nitrogens with one attached hydrogen (secondary N) is 1. The van der Waals surface area contributed by atoms with Crippen molar-refractivity contribution in [2.75, 3.05) is 32.6 Å². The molecular formula is C22H34N2O4S. The highest BCUT2D eigenvalue weighted by molar-refractivity contribution is 7.88. The molecule has 7 heteroatoms. The van der Waals surface area contributed by atoms with Crippen LogP contribution in [0, 0.1) is 6.92 Å². The molecule has 1 aromatic rings. The third kappa shape index (κ3) is 5.32. The molecule has 0 radical (unpaired) electrons. The van der Waals surface area contributed by atoms with Gasteiger partial charge in [0, 0.05) is 18.6 Å². The fraction of sp³-hybridized carbons (Fsp3) is 0.727. The lowest BCUT2D eigenvalue weighted by Crippen LogP contribution is -2.58. The van der Waals surface area contributed by atoms with Crippen molar-refractivity contribution in [3.05, 3.63) is 29.3 Å². The Labute approximate surface area is 175 Å². The zero-order valence-electron chi connectivity index (χ0n) is 17.6. The fourth-order valence-corrected chi connectivity index (χ4v) is 6.03. The van der Waals surface area contributed by atoms with Crippen molar-refractivity contribution in [3.8, 4) is 5.75 Å². The van der Waals surface area contributed by atoms with Gasteiger partial charge in [0.15, 0.2) is 0 Å². The number of benzene rings is 1. The summed E-state index contributed by atoms with van der Waals surface area (Å²) in [6.07, 6.45) is 7.68. The summed E-state index contributed by atoms with van der Waals surface area (Å²) in [5.41, 5.74) is 2.62. The summed E-state index contributed by atoms with van der Waals surface area (Å²) in [4.78, 5) is 2.35. The largest absolute Gasteiger partial charge is 0.492 e. The Morgan fingerprint density at radius 2 is 1.90 bits per heavy atom. The van der Waals surface area contributed by atoms with E-state index in [1.165, 1.54) is 17.4 Å². The zero-order valence-corrected chi connectivity index (χ0v) is 18.4. The molecule has 4 aliphatic rings. The van der Waals surface area contributed by atoms with E-state index in [4.69, 9.17) is 9.47 Å². The van der Waals surface area contributed by atoms with E-state index in [-0.39, 0.29) is 18.2 Å². The third-order valence-corrected chi connectivity index (χ3v) is 7.41. The van der Waals surface area contributed by atoms with Crippen LogP contribution in [0.4, 0.5) is 0 Å². The Balaban J connectivity index is 1.57. The molecule has 1 saturated carbocycles. The number of rotatable bonds is 2. The molecule has 1 N–H and O–H groups in total. The normalized spacial score (nSPS) is 31.5. The van der Waals surface area contributed by atoms with Gasteiger partial charge < -0.3 is 9.47 Å². The number of sulfonamides is 1. The van der Waals surface area contributed by atoms with Crippen LogP contribution in [0.1, 0.15) is 55.6 Å². The zero-order chi connectivity index (χ0) is 20.4. The molecule has 2 fully saturated rings. The first kappa shape index (κ1) is 21.1. The highest BCUT2D eigenvalue weighted by atomic mass is 32.2. The van der Waals surface area contributed by atoms with E-state index in [0.717, 1.165) is 57.4 Å². The van der Waals surface area contributed by atoms with Crippen LogP contribution in [0.2, 0.25) is 0 Å². The average Bonchev–Trinajstić information content (AvgIpc) is 2.69. The number of nitrogens with zero attached hydrogens (tertiary/aromatic N) is 1.